The van der Waals surface area contributed by atoms with Crippen molar-refractivity contribution in [1.29, 1.82) is 0 Å². The van der Waals surface area contributed by atoms with Crippen molar-refractivity contribution in [3.63, 3.8) is 0 Å². The molecule has 2 unspecified atom stereocenters. The second kappa shape index (κ2) is 5.14. The molecule has 2 saturated heterocycles. The summed E-state index contributed by atoms with van der Waals surface area (Å²) in [5.41, 5.74) is 1.75. The van der Waals surface area contributed by atoms with Gasteiger partial charge in [0.05, 0.1) is 5.52 Å². The van der Waals surface area contributed by atoms with Crippen molar-refractivity contribution < 1.29 is 4.79 Å². The largest absolute Gasteiger partial charge is 0.348 e. The average Bonchev–Trinajstić information content (AvgIpc) is 3.02. The molecular weight excluding hydrogens is 330 g/mol. The van der Waals surface area contributed by atoms with Crippen molar-refractivity contribution in [3.8, 4) is 0 Å². The minimum Gasteiger partial charge on any atom is -0.348 e. The fourth-order valence-electron chi connectivity index (χ4n) is 3.64. The number of carbonyl (C=O) groups excluding carboxylic acids is 1. The molecule has 1 N–H and O–H groups in total. The lowest BCUT2D eigenvalue weighted by Gasteiger charge is -2.30. The van der Waals surface area contributed by atoms with Crippen LogP contribution in [0.3, 0.4) is 0 Å². The summed E-state index contributed by atoms with van der Waals surface area (Å²) in [6.45, 7) is 3.41. The molecule has 4 nitrogen and oxygen atoms in total. The van der Waals surface area contributed by atoms with Gasteiger partial charge in [-0.2, -0.15) is 0 Å². The fraction of sp³-hybridized carbons (Fsp3) is 0.438. The van der Waals surface area contributed by atoms with Gasteiger partial charge in [0.2, 0.25) is 0 Å². The molecule has 0 spiro atoms. The maximum absolute atomic E-state index is 12.5. The molecule has 0 saturated carbocycles. The lowest BCUT2D eigenvalue weighted by molar-refractivity contribution is 0.0909. The molecule has 21 heavy (non-hydrogen) atoms. The zero-order chi connectivity index (χ0) is 14.4. The van der Waals surface area contributed by atoms with E-state index >= 15 is 0 Å². The predicted octanol–water partition coefficient (Wildman–Crippen LogP) is 2.53. The lowest BCUT2D eigenvalue weighted by Crippen LogP contribution is -2.47. The van der Waals surface area contributed by atoms with Crippen molar-refractivity contribution in [3.05, 3.63) is 40.6 Å². The van der Waals surface area contributed by atoms with Crippen LogP contribution in [0.4, 0.5) is 0 Å². The first kappa shape index (κ1) is 13.3. The Kier molecular flexibility index (Phi) is 3.27. The Balaban J connectivity index is 1.52. The van der Waals surface area contributed by atoms with E-state index in [-0.39, 0.29) is 5.91 Å². The molecule has 0 aliphatic carbocycles. The van der Waals surface area contributed by atoms with Crippen LogP contribution in [0.1, 0.15) is 23.2 Å². The van der Waals surface area contributed by atoms with Crippen molar-refractivity contribution in [2.24, 2.45) is 5.92 Å². The zero-order valence-electron chi connectivity index (χ0n) is 11.8. The zero-order valence-corrected chi connectivity index (χ0v) is 13.3. The summed E-state index contributed by atoms with van der Waals surface area (Å²) in [5.74, 6) is 0.810. The van der Waals surface area contributed by atoms with Gasteiger partial charge in [0.25, 0.3) is 5.91 Å². The summed E-state index contributed by atoms with van der Waals surface area (Å²) in [6.07, 6.45) is 6.32. The summed E-state index contributed by atoms with van der Waals surface area (Å²) in [4.78, 5) is 14.9. The molecule has 4 heterocycles. The van der Waals surface area contributed by atoms with Gasteiger partial charge in [-0.3, -0.25) is 4.79 Å². The van der Waals surface area contributed by atoms with Gasteiger partial charge >= 0.3 is 0 Å². The quantitative estimate of drug-likeness (QED) is 0.906. The van der Waals surface area contributed by atoms with Gasteiger partial charge in [-0.05, 0) is 59.4 Å². The third-order valence-corrected chi connectivity index (χ3v) is 5.35. The molecule has 0 aromatic carbocycles. The van der Waals surface area contributed by atoms with E-state index in [2.05, 4.69) is 26.1 Å². The maximum atomic E-state index is 12.5. The van der Waals surface area contributed by atoms with E-state index in [0.29, 0.717) is 6.04 Å². The Morgan fingerprint density at radius 2 is 2.14 bits per heavy atom. The smallest absolute Gasteiger partial charge is 0.251 e. The van der Waals surface area contributed by atoms with Crippen LogP contribution in [0.5, 0.6) is 0 Å². The normalized spacial score (nSPS) is 28.0. The van der Waals surface area contributed by atoms with E-state index in [1.54, 1.807) is 0 Å². The molecule has 110 valence electrons. The van der Waals surface area contributed by atoms with Crippen molar-refractivity contribution in [1.82, 2.24) is 14.6 Å². The van der Waals surface area contributed by atoms with Crippen LogP contribution in [0.2, 0.25) is 0 Å². The monoisotopic (exact) mass is 347 g/mol. The standard InChI is InChI=1S/C16H18BrN3O/c17-14-3-6-20-5-2-12(8-15(14)20)16(21)18-13-7-11-1-4-19(9-11)10-13/h2-3,5-6,8,11,13H,1,4,7,9-10H2,(H,18,21)/t11?,13-/m1/s1. The number of rotatable bonds is 2. The highest BCUT2D eigenvalue weighted by Crippen LogP contribution is 2.27. The fourth-order valence-corrected chi connectivity index (χ4v) is 4.08. The minimum atomic E-state index is 0.0399. The number of nitrogens with one attached hydrogen (secondary N) is 1. The highest BCUT2D eigenvalue weighted by molar-refractivity contribution is 9.10. The number of hydrogen-bond acceptors (Lipinski definition) is 2. The van der Waals surface area contributed by atoms with Crippen LogP contribution < -0.4 is 5.32 Å². The predicted molar refractivity (Wildman–Crippen MR) is 85.5 cm³/mol. The number of carbonyl (C=O) groups is 1. The van der Waals surface area contributed by atoms with Crippen LogP contribution >= 0.6 is 15.9 Å². The van der Waals surface area contributed by atoms with Crippen LogP contribution in [-0.4, -0.2) is 40.9 Å². The Morgan fingerprint density at radius 1 is 1.29 bits per heavy atom. The number of pyridine rings is 1. The molecule has 2 fully saturated rings. The molecular formula is C16H18BrN3O. The molecule has 2 bridgehead atoms. The van der Waals surface area contributed by atoms with Crippen molar-refractivity contribution in [2.45, 2.75) is 18.9 Å². The Hall–Kier alpha value is -1.33. The molecule has 3 atom stereocenters. The second-order valence-corrected chi connectivity index (χ2v) is 7.05. The van der Waals surface area contributed by atoms with Crippen LogP contribution in [0.25, 0.3) is 5.52 Å². The second-order valence-electron chi connectivity index (χ2n) is 6.19. The first-order valence-electron chi connectivity index (χ1n) is 7.48. The summed E-state index contributed by atoms with van der Waals surface area (Å²) < 4.78 is 3.02. The third-order valence-electron chi connectivity index (χ3n) is 4.68. The van der Waals surface area contributed by atoms with E-state index in [9.17, 15) is 4.79 Å². The minimum absolute atomic E-state index is 0.0399. The number of halogens is 1. The number of fused-ring (bicyclic) bond motifs is 3. The first-order chi connectivity index (χ1) is 10.2. The molecule has 2 aliphatic heterocycles. The Bertz CT molecular complexity index is 684. The van der Waals surface area contributed by atoms with E-state index in [1.165, 1.54) is 19.5 Å². The van der Waals surface area contributed by atoms with E-state index in [4.69, 9.17) is 0 Å². The molecule has 0 radical (unpaired) electrons. The van der Waals surface area contributed by atoms with Crippen molar-refractivity contribution >= 4 is 27.4 Å². The van der Waals surface area contributed by atoms with E-state index < -0.39 is 0 Å². The van der Waals surface area contributed by atoms with Gasteiger partial charge in [-0.1, -0.05) is 0 Å². The molecule has 2 aromatic rings. The number of aromatic nitrogens is 1. The number of amides is 1. The highest BCUT2D eigenvalue weighted by atomic mass is 79.9. The topological polar surface area (TPSA) is 36.8 Å². The summed E-state index contributed by atoms with van der Waals surface area (Å²) in [7, 11) is 0. The van der Waals surface area contributed by atoms with Crippen LogP contribution in [-0.2, 0) is 0 Å². The van der Waals surface area contributed by atoms with Crippen molar-refractivity contribution in [2.75, 3.05) is 19.6 Å². The summed E-state index contributed by atoms with van der Waals surface area (Å²) in [5, 5.41) is 3.21. The van der Waals surface area contributed by atoms with Gasteiger partial charge in [0.15, 0.2) is 0 Å². The van der Waals surface area contributed by atoms with Gasteiger partial charge in [-0.15, -0.1) is 0 Å². The molecule has 2 aromatic heterocycles. The number of hydrogen-bond donors (Lipinski definition) is 1. The molecule has 5 heteroatoms. The van der Waals surface area contributed by atoms with E-state index in [0.717, 1.165) is 34.4 Å². The maximum Gasteiger partial charge on any atom is 0.251 e. The van der Waals surface area contributed by atoms with Gasteiger partial charge in [0, 0.05) is 41.6 Å². The Labute approximate surface area is 132 Å². The molecule has 1 amide bonds. The van der Waals surface area contributed by atoms with Crippen LogP contribution in [0, 0.1) is 5.92 Å². The van der Waals surface area contributed by atoms with Crippen LogP contribution in [0.15, 0.2) is 35.1 Å². The third kappa shape index (κ3) is 2.49. The van der Waals surface area contributed by atoms with Gasteiger partial charge in [0.1, 0.15) is 0 Å². The number of nitrogens with zero attached hydrogens (tertiary/aromatic N) is 2. The molecule has 2 aliphatic rings. The Morgan fingerprint density at radius 3 is 3.00 bits per heavy atom. The highest BCUT2D eigenvalue weighted by Gasteiger charge is 2.32. The van der Waals surface area contributed by atoms with E-state index in [1.807, 2.05) is 35.0 Å². The summed E-state index contributed by atoms with van der Waals surface area (Å²) >= 11 is 3.51. The average molecular weight is 348 g/mol. The first-order valence-corrected chi connectivity index (χ1v) is 8.28. The molecule has 4 rings (SSSR count). The lowest BCUT2D eigenvalue weighted by atomic mass is 9.96. The van der Waals surface area contributed by atoms with Gasteiger partial charge in [-0.25, -0.2) is 0 Å². The SMILES string of the molecule is O=C(N[C@@H]1CC2CCN(C2)C1)c1ccn2ccc(Br)c2c1. The van der Waals surface area contributed by atoms with Gasteiger partial charge < -0.3 is 14.6 Å². The summed E-state index contributed by atoms with van der Waals surface area (Å²) in [6, 6.07) is 6.11. The number of piperidine rings is 1.